The second-order valence-corrected chi connectivity index (χ2v) is 12.5. The molecule has 2 aromatic rings. The van der Waals surface area contributed by atoms with E-state index in [2.05, 4.69) is 38.2 Å². The molecule has 210 valence electrons. The van der Waals surface area contributed by atoms with Crippen molar-refractivity contribution in [2.75, 3.05) is 6.54 Å². The first-order chi connectivity index (χ1) is 18.5. The topological polar surface area (TPSA) is 101 Å². The Balaban J connectivity index is 1.59. The van der Waals surface area contributed by atoms with E-state index < -0.39 is 6.04 Å². The summed E-state index contributed by atoms with van der Waals surface area (Å²) in [6, 6.07) is 3.73. The minimum Gasteiger partial charge on any atom is -0.355 e. The molecule has 0 unspecified atom stereocenters. The lowest BCUT2D eigenvalue weighted by atomic mass is 9.93. The Kier molecular flexibility index (Phi) is 7.42. The van der Waals surface area contributed by atoms with E-state index in [0.717, 1.165) is 54.1 Å². The number of hydrogen-bond acceptors (Lipinski definition) is 5. The Labute approximate surface area is 230 Å². The van der Waals surface area contributed by atoms with Crippen LogP contribution in [-0.2, 0) is 27.3 Å². The lowest BCUT2D eigenvalue weighted by Gasteiger charge is -2.26. The van der Waals surface area contributed by atoms with Crippen LogP contribution in [0.1, 0.15) is 107 Å². The molecule has 1 aromatic carbocycles. The van der Waals surface area contributed by atoms with Crippen LogP contribution in [0.5, 0.6) is 0 Å². The zero-order valence-corrected chi connectivity index (χ0v) is 24.0. The molecule has 2 fully saturated rings. The van der Waals surface area contributed by atoms with Gasteiger partial charge in [0.1, 0.15) is 12.2 Å². The fourth-order valence-electron chi connectivity index (χ4n) is 6.86. The van der Waals surface area contributed by atoms with Gasteiger partial charge in [0.25, 0.3) is 0 Å². The van der Waals surface area contributed by atoms with Crippen molar-refractivity contribution in [3.05, 3.63) is 29.0 Å². The minimum atomic E-state index is -0.475. The molecule has 39 heavy (non-hydrogen) atoms. The van der Waals surface area contributed by atoms with Crippen molar-refractivity contribution in [2.45, 2.75) is 111 Å². The van der Waals surface area contributed by atoms with Gasteiger partial charge in [-0.1, -0.05) is 46.6 Å². The predicted octanol–water partition coefficient (Wildman–Crippen LogP) is 4.57. The Bertz CT molecular complexity index is 1330. The minimum absolute atomic E-state index is 0.0126. The molecule has 1 N–H and O–H groups in total. The number of Topliss-reactive ketones (excluding diaryl/α,β-unsaturated/α-hetero) is 2. The Morgan fingerprint density at radius 2 is 1.95 bits per heavy atom. The highest BCUT2D eigenvalue weighted by molar-refractivity contribution is 6.06. The first-order valence-electron chi connectivity index (χ1n) is 14.7. The molecule has 8 heteroatoms. The molecule has 0 spiro atoms. The normalized spacial score (nSPS) is 27.8. The molecule has 2 bridgehead atoms. The van der Waals surface area contributed by atoms with Crippen LogP contribution in [0.25, 0.3) is 10.9 Å². The summed E-state index contributed by atoms with van der Waals surface area (Å²) in [5.74, 6) is 0.409. The molecule has 3 aliphatic rings. The fourth-order valence-corrected chi connectivity index (χ4v) is 6.86. The summed E-state index contributed by atoms with van der Waals surface area (Å²) in [7, 11) is 0. The van der Waals surface area contributed by atoms with Crippen LogP contribution in [0.4, 0.5) is 0 Å². The average Bonchev–Trinajstić information content (AvgIpc) is 3.30. The number of ketones is 2. The van der Waals surface area contributed by atoms with Crippen molar-refractivity contribution >= 4 is 34.3 Å². The first-order valence-corrected chi connectivity index (χ1v) is 14.7. The second kappa shape index (κ2) is 10.5. The molecule has 1 saturated carbocycles. The van der Waals surface area contributed by atoms with Gasteiger partial charge in [0.05, 0.1) is 11.6 Å². The smallest absolute Gasteiger partial charge is 0.245 e. The van der Waals surface area contributed by atoms with E-state index in [1.165, 1.54) is 6.92 Å². The predicted molar refractivity (Wildman–Crippen MR) is 150 cm³/mol. The molecular weight excluding hydrogens is 492 g/mol. The molecule has 2 aliphatic heterocycles. The van der Waals surface area contributed by atoms with Crippen LogP contribution in [-0.4, -0.2) is 56.7 Å². The maximum Gasteiger partial charge on any atom is 0.245 e. The summed E-state index contributed by atoms with van der Waals surface area (Å²) in [5.41, 5.74) is 3.27. The van der Waals surface area contributed by atoms with Gasteiger partial charge in [0.15, 0.2) is 11.6 Å². The molecule has 0 radical (unpaired) electrons. The first kappa shape index (κ1) is 27.5. The summed E-state index contributed by atoms with van der Waals surface area (Å²) < 4.78 is 1.71. The number of rotatable bonds is 4. The van der Waals surface area contributed by atoms with Crippen molar-refractivity contribution in [2.24, 2.45) is 11.3 Å². The quantitative estimate of drug-likeness (QED) is 0.579. The van der Waals surface area contributed by atoms with E-state index in [4.69, 9.17) is 5.10 Å². The number of piperidine rings is 1. The maximum absolute atomic E-state index is 13.9. The average molecular weight is 535 g/mol. The molecule has 1 saturated heterocycles. The molecular formula is C31H42N4O4. The van der Waals surface area contributed by atoms with Gasteiger partial charge >= 0.3 is 0 Å². The number of amides is 2. The van der Waals surface area contributed by atoms with Crippen molar-refractivity contribution in [1.29, 1.82) is 0 Å². The third-order valence-electron chi connectivity index (χ3n) is 9.22. The van der Waals surface area contributed by atoms with E-state index in [0.29, 0.717) is 31.5 Å². The molecule has 4 atom stereocenters. The largest absolute Gasteiger partial charge is 0.355 e. The third kappa shape index (κ3) is 5.14. The van der Waals surface area contributed by atoms with E-state index in [1.807, 2.05) is 6.92 Å². The highest BCUT2D eigenvalue weighted by Gasteiger charge is 2.66. The lowest BCUT2D eigenvalue weighted by molar-refractivity contribution is -0.139. The molecule has 1 aliphatic carbocycles. The SMILES string of the molecule is CCC(=O)[C@@H]1C[C@]23CNC(=O)C[C@H](C)CCCCc4cc(C(C)C)cc5c(C(C)=O)nn(c45)CC(=O)N1[C@@H]2C3. The molecule has 1 aromatic heterocycles. The highest BCUT2D eigenvalue weighted by Crippen LogP contribution is 2.59. The van der Waals surface area contributed by atoms with E-state index in [1.54, 1.807) is 9.58 Å². The van der Waals surface area contributed by atoms with Crippen molar-refractivity contribution in [3.8, 4) is 0 Å². The van der Waals surface area contributed by atoms with Gasteiger partial charge in [-0.3, -0.25) is 23.9 Å². The van der Waals surface area contributed by atoms with E-state index in [9.17, 15) is 19.2 Å². The van der Waals surface area contributed by atoms with E-state index in [-0.39, 0.29) is 53.2 Å². The molecule has 8 nitrogen and oxygen atoms in total. The van der Waals surface area contributed by atoms with Crippen molar-refractivity contribution in [3.63, 3.8) is 0 Å². The van der Waals surface area contributed by atoms with Gasteiger partial charge in [-0.05, 0) is 54.7 Å². The maximum atomic E-state index is 13.9. The van der Waals surface area contributed by atoms with Gasteiger partial charge < -0.3 is 10.2 Å². The number of nitrogens with one attached hydrogen (secondary N) is 1. The monoisotopic (exact) mass is 534 g/mol. The van der Waals surface area contributed by atoms with Crippen LogP contribution in [0.15, 0.2) is 12.1 Å². The van der Waals surface area contributed by atoms with Gasteiger partial charge in [0, 0.05) is 43.2 Å². The highest BCUT2D eigenvalue weighted by atomic mass is 16.2. The van der Waals surface area contributed by atoms with Crippen LogP contribution >= 0.6 is 0 Å². The summed E-state index contributed by atoms with van der Waals surface area (Å²) in [6.07, 6.45) is 5.95. The standard InChI is InChI=1S/C31H42N4O4/c1-6-25(37)24-14-31-15-26(31)35(24)28(39)16-34-30-21(10-8-7-9-19(4)11-27(38)32-17-31)12-22(18(2)3)13-23(30)29(33-34)20(5)36/h12-13,18-19,24,26H,6-11,14-17H2,1-5H3,(H,32,38)/t19-,24+,26-,31+/m1/s1. The Hall–Kier alpha value is -3.03. The van der Waals surface area contributed by atoms with Crippen molar-refractivity contribution < 1.29 is 19.2 Å². The third-order valence-corrected chi connectivity index (χ3v) is 9.22. The van der Waals surface area contributed by atoms with Gasteiger partial charge in [-0.15, -0.1) is 0 Å². The number of benzene rings is 1. The van der Waals surface area contributed by atoms with Crippen molar-refractivity contribution in [1.82, 2.24) is 20.0 Å². The lowest BCUT2D eigenvalue weighted by Crippen LogP contribution is -2.44. The molecule has 5 rings (SSSR count). The van der Waals surface area contributed by atoms with Gasteiger partial charge in [-0.2, -0.15) is 5.10 Å². The summed E-state index contributed by atoms with van der Waals surface area (Å²) in [4.78, 5) is 54.1. The number of carbonyl (C=O) groups excluding carboxylic acids is 4. The zero-order chi connectivity index (χ0) is 28.1. The summed E-state index contributed by atoms with van der Waals surface area (Å²) in [5, 5.41) is 8.63. The van der Waals surface area contributed by atoms with Gasteiger partial charge in [-0.25, -0.2) is 0 Å². The van der Waals surface area contributed by atoms with Crippen LogP contribution in [0.3, 0.4) is 0 Å². The molecule has 3 heterocycles. The number of aromatic nitrogens is 2. The summed E-state index contributed by atoms with van der Waals surface area (Å²) >= 11 is 0. The number of carbonyl (C=O) groups is 4. The van der Waals surface area contributed by atoms with Crippen LogP contribution < -0.4 is 5.32 Å². The Morgan fingerprint density at radius 1 is 1.18 bits per heavy atom. The molecule has 2 amide bonds. The summed E-state index contributed by atoms with van der Waals surface area (Å²) in [6.45, 7) is 10.3. The second-order valence-electron chi connectivity index (χ2n) is 12.5. The van der Waals surface area contributed by atoms with Crippen LogP contribution in [0, 0.1) is 11.3 Å². The number of aryl methyl sites for hydroxylation is 1. The number of hydrogen-bond donors (Lipinski definition) is 1. The van der Waals surface area contributed by atoms with Gasteiger partial charge in [0.2, 0.25) is 11.8 Å². The Morgan fingerprint density at radius 3 is 2.64 bits per heavy atom. The zero-order valence-electron chi connectivity index (χ0n) is 24.0. The van der Waals surface area contributed by atoms with E-state index >= 15 is 0 Å². The number of nitrogens with zero attached hydrogens (tertiary/aromatic N) is 3. The van der Waals surface area contributed by atoms with Crippen LogP contribution in [0.2, 0.25) is 0 Å². The fraction of sp³-hybridized carbons (Fsp3) is 0.645.